The second-order valence-corrected chi connectivity index (χ2v) is 3.75. The van der Waals surface area contributed by atoms with Crippen molar-refractivity contribution in [2.24, 2.45) is 0 Å². The second kappa shape index (κ2) is 4.37. The van der Waals surface area contributed by atoms with Crippen molar-refractivity contribution in [1.82, 2.24) is 15.0 Å². The molecule has 0 saturated carbocycles. The maximum absolute atomic E-state index is 13.0. The van der Waals surface area contributed by atoms with Gasteiger partial charge in [-0.25, -0.2) is 9.97 Å². The maximum atomic E-state index is 13.0. The number of pyridine rings is 1. The zero-order valence-corrected chi connectivity index (χ0v) is 9.34. The summed E-state index contributed by atoms with van der Waals surface area (Å²) < 4.78 is 13.0. The number of anilines is 2. The molecule has 0 bridgehead atoms. The number of nitrogens with zero attached hydrogens (tertiary/aromatic N) is 3. The Morgan fingerprint density at radius 1 is 1.11 bits per heavy atom. The summed E-state index contributed by atoms with van der Waals surface area (Å²) in [5, 5.41) is 5.07. The Labute approximate surface area is 103 Å². The van der Waals surface area contributed by atoms with E-state index < -0.39 is 5.95 Å². The summed E-state index contributed by atoms with van der Waals surface area (Å²) in [6.45, 7) is 0. The van der Waals surface area contributed by atoms with Crippen LogP contribution in [-0.4, -0.2) is 15.0 Å². The lowest BCUT2D eigenvalue weighted by Gasteiger charge is -2.08. The monoisotopic (exact) mass is 240 g/mol. The van der Waals surface area contributed by atoms with Gasteiger partial charge in [0, 0.05) is 29.5 Å². The molecule has 4 nitrogen and oxygen atoms in total. The largest absolute Gasteiger partial charge is 0.339 e. The lowest BCUT2D eigenvalue weighted by molar-refractivity contribution is 0.580. The predicted octanol–water partition coefficient (Wildman–Crippen LogP) is 2.91. The second-order valence-electron chi connectivity index (χ2n) is 3.75. The summed E-state index contributed by atoms with van der Waals surface area (Å²) in [4.78, 5) is 11.5. The van der Waals surface area contributed by atoms with Gasteiger partial charge in [0.1, 0.15) is 12.1 Å². The molecule has 0 aliphatic rings. The molecule has 3 rings (SSSR count). The molecule has 3 aromatic rings. The minimum atomic E-state index is -0.564. The number of hydrogen-bond acceptors (Lipinski definition) is 4. The third kappa shape index (κ3) is 1.98. The maximum Gasteiger partial charge on any atom is 0.218 e. The summed E-state index contributed by atoms with van der Waals surface area (Å²) >= 11 is 0. The van der Waals surface area contributed by atoms with Crippen LogP contribution in [0.15, 0.2) is 49.1 Å². The van der Waals surface area contributed by atoms with Crippen molar-refractivity contribution in [3.63, 3.8) is 0 Å². The van der Waals surface area contributed by atoms with E-state index in [0.717, 1.165) is 16.5 Å². The van der Waals surface area contributed by atoms with Gasteiger partial charge in [-0.3, -0.25) is 4.98 Å². The molecule has 5 heteroatoms. The summed E-state index contributed by atoms with van der Waals surface area (Å²) in [6, 6.07) is 8.96. The van der Waals surface area contributed by atoms with Crippen LogP contribution in [0.1, 0.15) is 0 Å². The molecule has 18 heavy (non-hydrogen) atoms. The van der Waals surface area contributed by atoms with Crippen molar-refractivity contribution in [3.05, 3.63) is 55.0 Å². The van der Waals surface area contributed by atoms with Crippen LogP contribution in [-0.2, 0) is 0 Å². The molecule has 0 atom stereocenters. The van der Waals surface area contributed by atoms with Gasteiger partial charge in [-0.1, -0.05) is 12.1 Å². The highest BCUT2D eigenvalue weighted by Gasteiger charge is 2.02. The van der Waals surface area contributed by atoms with Crippen LogP contribution in [0, 0.1) is 5.95 Å². The number of fused-ring (bicyclic) bond motifs is 1. The molecule has 0 aliphatic heterocycles. The van der Waals surface area contributed by atoms with Crippen LogP contribution >= 0.6 is 0 Å². The molecule has 88 valence electrons. The molecule has 0 radical (unpaired) electrons. The Bertz CT molecular complexity index is 694. The van der Waals surface area contributed by atoms with Crippen LogP contribution in [0.3, 0.4) is 0 Å². The van der Waals surface area contributed by atoms with E-state index >= 15 is 0 Å². The molecular weight excluding hydrogens is 231 g/mol. The quantitative estimate of drug-likeness (QED) is 0.700. The van der Waals surface area contributed by atoms with Gasteiger partial charge in [-0.2, -0.15) is 4.39 Å². The predicted molar refractivity (Wildman–Crippen MR) is 67.0 cm³/mol. The highest BCUT2D eigenvalue weighted by molar-refractivity contribution is 5.94. The number of halogens is 1. The van der Waals surface area contributed by atoms with Crippen LogP contribution < -0.4 is 5.32 Å². The Hall–Kier alpha value is -2.56. The SMILES string of the molecule is Fc1cc(Nc2cccc3ccncc23)ncn1. The fourth-order valence-electron chi connectivity index (χ4n) is 1.76. The highest BCUT2D eigenvalue weighted by atomic mass is 19.1. The van der Waals surface area contributed by atoms with Crippen molar-refractivity contribution in [2.45, 2.75) is 0 Å². The van der Waals surface area contributed by atoms with E-state index in [9.17, 15) is 4.39 Å². The first-order chi connectivity index (χ1) is 8.83. The van der Waals surface area contributed by atoms with Gasteiger partial charge in [-0.05, 0) is 17.5 Å². The Morgan fingerprint density at radius 3 is 2.94 bits per heavy atom. The fraction of sp³-hybridized carbons (Fsp3) is 0. The van der Waals surface area contributed by atoms with E-state index in [1.165, 1.54) is 12.4 Å². The number of benzene rings is 1. The summed E-state index contributed by atoms with van der Waals surface area (Å²) in [5.74, 6) is -0.148. The molecule has 1 aromatic carbocycles. The molecule has 0 saturated heterocycles. The average molecular weight is 240 g/mol. The summed E-state index contributed by atoms with van der Waals surface area (Å²) in [5.41, 5.74) is 0.832. The first-order valence-electron chi connectivity index (χ1n) is 5.40. The van der Waals surface area contributed by atoms with E-state index in [1.54, 1.807) is 12.4 Å². The van der Waals surface area contributed by atoms with Crippen LogP contribution in [0.2, 0.25) is 0 Å². The normalized spacial score (nSPS) is 10.5. The average Bonchev–Trinajstić information content (AvgIpc) is 2.39. The van der Waals surface area contributed by atoms with E-state index in [4.69, 9.17) is 0 Å². The lowest BCUT2D eigenvalue weighted by atomic mass is 10.1. The first kappa shape index (κ1) is 10.6. The molecule has 0 amide bonds. The molecule has 0 unspecified atom stereocenters. The molecule has 1 N–H and O–H groups in total. The number of aromatic nitrogens is 3. The Balaban J connectivity index is 2.05. The van der Waals surface area contributed by atoms with Gasteiger partial charge < -0.3 is 5.32 Å². The lowest BCUT2D eigenvalue weighted by Crippen LogP contribution is -1.96. The van der Waals surface area contributed by atoms with E-state index in [1.807, 2.05) is 24.3 Å². The zero-order valence-electron chi connectivity index (χ0n) is 9.34. The zero-order chi connectivity index (χ0) is 12.4. The number of hydrogen-bond donors (Lipinski definition) is 1. The molecule has 0 spiro atoms. The van der Waals surface area contributed by atoms with Crippen molar-refractivity contribution in [3.8, 4) is 0 Å². The molecular formula is C13H9FN4. The van der Waals surface area contributed by atoms with E-state index in [-0.39, 0.29) is 0 Å². The van der Waals surface area contributed by atoms with E-state index in [0.29, 0.717) is 5.82 Å². The highest BCUT2D eigenvalue weighted by Crippen LogP contribution is 2.24. The minimum Gasteiger partial charge on any atom is -0.339 e. The molecule has 0 fully saturated rings. The fourth-order valence-corrected chi connectivity index (χ4v) is 1.76. The van der Waals surface area contributed by atoms with Gasteiger partial charge >= 0.3 is 0 Å². The Morgan fingerprint density at radius 2 is 2.06 bits per heavy atom. The van der Waals surface area contributed by atoms with Crippen LogP contribution in [0.25, 0.3) is 10.8 Å². The first-order valence-corrected chi connectivity index (χ1v) is 5.40. The van der Waals surface area contributed by atoms with E-state index in [2.05, 4.69) is 20.3 Å². The van der Waals surface area contributed by atoms with Crippen molar-refractivity contribution in [2.75, 3.05) is 5.32 Å². The van der Waals surface area contributed by atoms with Gasteiger partial charge in [-0.15, -0.1) is 0 Å². The minimum absolute atomic E-state index is 0.416. The van der Waals surface area contributed by atoms with Crippen molar-refractivity contribution >= 4 is 22.3 Å². The van der Waals surface area contributed by atoms with Crippen LogP contribution in [0.4, 0.5) is 15.9 Å². The number of nitrogens with one attached hydrogen (secondary N) is 1. The third-order valence-corrected chi connectivity index (χ3v) is 2.58. The van der Waals surface area contributed by atoms with Gasteiger partial charge in [0.25, 0.3) is 0 Å². The third-order valence-electron chi connectivity index (χ3n) is 2.58. The molecule has 0 aliphatic carbocycles. The van der Waals surface area contributed by atoms with Crippen molar-refractivity contribution in [1.29, 1.82) is 0 Å². The van der Waals surface area contributed by atoms with Crippen molar-refractivity contribution < 1.29 is 4.39 Å². The summed E-state index contributed by atoms with van der Waals surface area (Å²) in [7, 11) is 0. The standard InChI is InChI=1S/C13H9FN4/c14-12-6-13(17-8-16-12)18-11-3-1-2-9-4-5-15-7-10(9)11/h1-8H,(H,16,17,18). The summed E-state index contributed by atoms with van der Waals surface area (Å²) in [6.07, 6.45) is 4.67. The topological polar surface area (TPSA) is 50.7 Å². The molecule has 2 heterocycles. The van der Waals surface area contributed by atoms with Gasteiger partial charge in [0.2, 0.25) is 5.95 Å². The van der Waals surface area contributed by atoms with Gasteiger partial charge in [0.15, 0.2) is 0 Å². The smallest absolute Gasteiger partial charge is 0.218 e. The van der Waals surface area contributed by atoms with Crippen LogP contribution in [0.5, 0.6) is 0 Å². The number of rotatable bonds is 2. The molecule has 2 aromatic heterocycles. The Kier molecular flexibility index (Phi) is 2.57. The van der Waals surface area contributed by atoms with Gasteiger partial charge in [0.05, 0.1) is 0 Å².